The Balaban J connectivity index is 1.72. The highest BCUT2D eigenvalue weighted by Gasteiger charge is 2.57. The summed E-state index contributed by atoms with van der Waals surface area (Å²) in [6.45, 7) is 5.86. The number of Topliss-reactive ketones (excluding diaryl/α,β-unsaturated/α-hetero) is 1. The van der Waals surface area contributed by atoms with Gasteiger partial charge in [0.05, 0.1) is 48.3 Å². The number of hydrogen-bond acceptors (Lipinski definition) is 7. The highest BCUT2D eigenvalue weighted by Crippen LogP contribution is 2.47. The normalized spacial score (nSPS) is 22.9. The fourth-order valence-electron chi connectivity index (χ4n) is 5.04. The lowest BCUT2D eigenvalue weighted by atomic mass is 9.62. The standard InChI is InChI=1S/C29H32N2O7/c1-4-36-21-13-8-6-11-18(21)30-27(33)24-20(32)17-29(3,35)26(25(24)23-15-10-16-38-23)28(34)31-19-12-7-9-14-22(19)37-5-2/h6-16,24-26,35H,4-5,17H2,1-3H3,(H,30,33)(H,31,34). The molecule has 0 radical (unpaired) electrons. The molecule has 2 aromatic carbocycles. The van der Waals surface area contributed by atoms with Crippen LogP contribution in [0, 0.1) is 11.8 Å². The van der Waals surface area contributed by atoms with Gasteiger partial charge in [-0.25, -0.2) is 0 Å². The second-order valence-corrected chi connectivity index (χ2v) is 9.33. The number of ketones is 1. The van der Waals surface area contributed by atoms with E-state index >= 15 is 0 Å². The number of furan rings is 1. The zero-order chi connectivity index (χ0) is 27.3. The summed E-state index contributed by atoms with van der Waals surface area (Å²) in [7, 11) is 0. The highest BCUT2D eigenvalue weighted by molar-refractivity contribution is 6.10. The Morgan fingerprint density at radius 3 is 2.00 bits per heavy atom. The van der Waals surface area contributed by atoms with Crippen LogP contribution >= 0.6 is 0 Å². The number of rotatable bonds is 9. The smallest absolute Gasteiger partial charge is 0.235 e. The third kappa shape index (κ3) is 5.57. The molecule has 0 aliphatic heterocycles. The number of ether oxygens (including phenoxy) is 2. The van der Waals surface area contributed by atoms with E-state index < -0.39 is 41.0 Å². The van der Waals surface area contributed by atoms with Crippen LogP contribution in [0.15, 0.2) is 71.3 Å². The quantitative estimate of drug-likeness (QED) is 0.357. The Labute approximate surface area is 221 Å². The number of carbonyl (C=O) groups excluding carboxylic acids is 3. The first-order valence-corrected chi connectivity index (χ1v) is 12.6. The Morgan fingerprint density at radius 1 is 0.921 bits per heavy atom. The molecule has 1 aromatic heterocycles. The molecule has 0 saturated heterocycles. The molecule has 3 N–H and O–H groups in total. The molecule has 38 heavy (non-hydrogen) atoms. The molecule has 1 aliphatic carbocycles. The zero-order valence-corrected chi connectivity index (χ0v) is 21.6. The molecular formula is C29H32N2O7. The van der Waals surface area contributed by atoms with E-state index in [1.165, 1.54) is 13.2 Å². The second-order valence-electron chi connectivity index (χ2n) is 9.33. The van der Waals surface area contributed by atoms with Crippen molar-refractivity contribution in [2.45, 2.75) is 38.7 Å². The van der Waals surface area contributed by atoms with Gasteiger partial charge in [0.25, 0.3) is 0 Å². The summed E-state index contributed by atoms with van der Waals surface area (Å²) in [6, 6.07) is 17.0. The van der Waals surface area contributed by atoms with E-state index in [1.807, 2.05) is 13.8 Å². The Bertz CT molecular complexity index is 1290. The van der Waals surface area contributed by atoms with E-state index in [2.05, 4.69) is 10.6 Å². The number of hydrogen-bond donors (Lipinski definition) is 3. The van der Waals surface area contributed by atoms with Gasteiger partial charge in [-0.05, 0) is 57.2 Å². The first-order chi connectivity index (χ1) is 18.3. The van der Waals surface area contributed by atoms with Gasteiger partial charge in [0.15, 0.2) is 0 Å². The SMILES string of the molecule is CCOc1ccccc1NC(=O)C1C(=O)CC(C)(O)C(C(=O)Nc2ccccc2OCC)C1c1ccco1. The second kappa shape index (κ2) is 11.5. The molecular weight excluding hydrogens is 488 g/mol. The first-order valence-electron chi connectivity index (χ1n) is 12.6. The topological polar surface area (TPSA) is 127 Å². The first kappa shape index (κ1) is 26.9. The van der Waals surface area contributed by atoms with Crippen LogP contribution in [0.2, 0.25) is 0 Å². The molecule has 4 atom stereocenters. The molecule has 200 valence electrons. The zero-order valence-electron chi connectivity index (χ0n) is 21.6. The van der Waals surface area contributed by atoms with Crippen molar-refractivity contribution < 1.29 is 33.4 Å². The average Bonchev–Trinajstić information content (AvgIpc) is 3.40. The lowest BCUT2D eigenvalue weighted by molar-refractivity contribution is -0.151. The Morgan fingerprint density at radius 2 is 1.47 bits per heavy atom. The van der Waals surface area contributed by atoms with Crippen LogP contribution in [-0.4, -0.2) is 41.5 Å². The van der Waals surface area contributed by atoms with Crippen molar-refractivity contribution in [3.05, 3.63) is 72.7 Å². The molecule has 0 spiro atoms. The van der Waals surface area contributed by atoms with E-state index in [4.69, 9.17) is 13.9 Å². The molecule has 2 amide bonds. The van der Waals surface area contributed by atoms with Gasteiger partial charge in [-0.2, -0.15) is 0 Å². The number of carbonyl (C=O) groups is 3. The summed E-state index contributed by atoms with van der Waals surface area (Å²) in [4.78, 5) is 40.8. The van der Waals surface area contributed by atoms with Crippen LogP contribution in [0.1, 0.15) is 38.9 Å². The van der Waals surface area contributed by atoms with Crippen LogP contribution in [0.3, 0.4) is 0 Å². The van der Waals surface area contributed by atoms with Gasteiger partial charge < -0.3 is 29.6 Å². The summed E-state index contributed by atoms with van der Waals surface area (Å²) < 4.78 is 16.9. The average molecular weight is 521 g/mol. The minimum Gasteiger partial charge on any atom is -0.492 e. The summed E-state index contributed by atoms with van der Waals surface area (Å²) >= 11 is 0. The van der Waals surface area contributed by atoms with E-state index in [9.17, 15) is 19.5 Å². The van der Waals surface area contributed by atoms with Crippen LogP contribution in [-0.2, 0) is 14.4 Å². The van der Waals surface area contributed by atoms with Gasteiger partial charge in [0.1, 0.15) is 29.0 Å². The van der Waals surface area contributed by atoms with Crippen molar-refractivity contribution in [1.82, 2.24) is 0 Å². The molecule has 1 aliphatic rings. The number of para-hydroxylation sites is 4. The number of anilines is 2. The molecule has 1 saturated carbocycles. The summed E-state index contributed by atoms with van der Waals surface area (Å²) in [5.74, 6) is -4.08. The van der Waals surface area contributed by atoms with Gasteiger partial charge in [-0.3, -0.25) is 14.4 Å². The minimum atomic E-state index is -1.75. The summed E-state index contributed by atoms with van der Waals surface area (Å²) in [5.41, 5.74) is -0.939. The van der Waals surface area contributed by atoms with Crippen LogP contribution < -0.4 is 20.1 Å². The molecule has 4 rings (SSSR count). The number of nitrogens with one attached hydrogen (secondary N) is 2. The maximum Gasteiger partial charge on any atom is 0.235 e. The molecule has 4 unspecified atom stereocenters. The third-order valence-electron chi connectivity index (χ3n) is 6.59. The van der Waals surface area contributed by atoms with Crippen molar-refractivity contribution in [2.24, 2.45) is 11.8 Å². The Hall–Kier alpha value is -4.11. The van der Waals surface area contributed by atoms with Gasteiger partial charge in [0.2, 0.25) is 11.8 Å². The van der Waals surface area contributed by atoms with E-state index in [1.54, 1.807) is 60.7 Å². The van der Waals surface area contributed by atoms with E-state index in [0.717, 1.165) is 0 Å². The van der Waals surface area contributed by atoms with Crippen molar-refractivity contribution >= 4 is 29.0 Å². The summed E-state index contributed by atoms with van der Waals surface area (Å²) in [5, 5.41) is 17.0. The number of amides is 2. The van der Waals surface area contributed by atoms with Crippen molar-refractivity contribution in [2.75, 3.05) is 23.8 Å². The molecule has 9 heteroatoms. The maximum absolute atomic E-state index is 13.8. The highest BCUT2D eigenvalue weighted by atomic mass is 16.5. The molecule has 1 heterocycles. The van der Waals surface area contributed by atoms with Crippen molar-refractivity contribution in [3.8, 4) is 11.5 Å². The van der Waals surface area contributed by atoms with Gasteiger partial charge in [-0.15, -0.1) is 0 Å². The third-order valence-corrected chi connectivity index (χ3v) is 6.59. The van der Waals surface area contributed by atoms with Crippen LogP contribution in [0.4, 0.5) is 11.4 Å². The number of aliphatic hydroxyl groups is 1. The van der Waals surface area contributed by atoms with Crippen LogP contribution in [0.25, 0.3) is 0 Å². The number of benzene rings is 2. The predicted octanol–water partition coefficient (Wildman–Crippen LogP) is 4.39. The lowest BCUT2D eigenvalue weighted by Crippen LogP contribution is -2.56. The monoisotopic (exact) mass is 520 g/mol. The van der Waals surface area contributed by atoms with E-state index in [0.29, 0.717) is 36.1 Å². The summed E-state index contributed by atoms with van der Waals surface area (Å²) in [6.07, 6.45) is 1.02. The lowest BCUT2D eigenvalue weighted by Gasteiger charge is -2.43. The minimum absolute atomic E-state index is 0.245. The van der Waals surface area contributed by atoms with Crippen molar-refractivity contribution in [3.63, 3.8) is 0 Å². The molecule has 9 nitrogen and oxygen atoms in total. The predicted molar refractivity (Wildman–Crippen MR) is 141 cm³/mol. The van der Waals surface area contributed by atoms with Crippen LogP contribution in [0.5, 0.6) is 11.5 Å². The maximum atomic E-state index is 13.8. The van der Waals surface area contributed by atoms with Crippen molar-refractivity contribution in [1.29, 1.82) is 0 Å². The fourth-order valence-corrected chi connectivity index (χ4v) is 5.04. The molecule has 0 bridgehead atoms. The molecule has 1 fully saturated rings. The Kier molecular flexibility index (Phi) is 8.16. The van der Waals surface area contributed by atoms with E-state index in [-0.39, 0.29) is 12.2 Å². The van der Waals surface area contributed by atoms with Gasteiger partial charge in [-0.1, -0.05) is 24.3 Å². The molecule has 3 aromatic rings. The fraction of sp³-hybridized carbons (Fsp3) is 0.345. The van der Waals surface area contributed by atoms with Gasteiger partial charge in [0, 0.05) is 6.42 Å². The largest absolute Gasteiger partial charge is 0.492 e. The van der Waals surface area contributed by atoms with Gasteiger partial charge >= 0.3 is 0 Å².